The fourth-order valence-electron chi connectivity index (χ4n) is 1.11. The SMILES string of the molecule is CC(C=O)c1ccc(C#N)c(C#N)c1. The molecule has 0 bridgehead atoms. The highest BCUT2D eigenvalue weighted by atomic mass is 16.1. The fourth-order valence-corrected chi connectivity index (χ4v) is 1.11. The highest BCUT2D eigenvalue weighted by molar-refractivity contribution is 5.62. The Labute approximate surface area is 82.2 Å². The van der Waals surface area contributed by atoms with Gasteiger partial charge >= 0.3 is 0 Å². The molecule has 0 aliphatic rings. The summed E-state index contributed by atoms with van der Waals surface area (Å²) in [5, 5.41) is 17.4. The summed E-state index contributed by atoms with van der Waals surface area (Å²) in [5.74, 6) is -0.241. The Morgan fingerprint density at radius 2 is 1.93 bits per heavy atom. The number of hydrogen-bond donors (Lipinski definition) is 0. The van der Waals surface area contributed by atoms with E-state index in [1.165, 1.54) is 0 Å². The van der Waals surface area contributed by atoms with Crippen LogP contribution in [0.3, 0.4) is 0 Å². The molecule has 0 saturated carbocycles. The Morgan fingerprint density at radius 1 is 1.29 bits per heavy atom. The third-order valence-corrected chi connectivity index (χ3v) is 2.01. The van der Waals surface area contributed by atoms with Gasteiger partial charge in [0.2, 0.25) is 0 Å². The van der Waals surface area contributed by atoms with Crippen molar-refractivity contribution in [3.8, 4) is 12.1 Å². The van der Waals surface area contributed by atoms with Crippen molar-refractivity contribution in [1.82, 2.24) is 0 Å². The van der Waals surface area contributed by atoms with E-state index in [9.17, 15) is 4.79 Å². The van der Waals surface area contributed by atoms with Crippen molar-refractivity contribution >= 4 is 6.29 Å². The molecule has 3 heteroatoms. The Kier molecular flexibility index (Phi) is 2.99. The normalized spacial score (nSPS) is 11.1. The summed E-state index contributed by atoms with van der Waals surface area (Å²) in [4.78, 5) is 10.5. The molecule has 1 atom stereocenters. The van der Waals surface area contributed by atoms with Crippen LogP contribution in [0.5, 0.6) is 0 Å². The molecule has 0 spiro atoms. The highest BCUT2D eigenvalue weighted by Crippen LogP contribution is 2.16. The van der Waals surface area contributed by atoms with Crippen molar-refractivity contribution in [3.05, 3.63) is 34.9 Å². The summed E-state index contributed by atoms with van der Waals surface area (Å²) in [6.45, 7) is 1.75. The number of rotatable bonds is 2. The topological polar surface area (TPSA) is 64.7 Å². The molecule has 1 aromatic rings. The van der Waals surface area contributed by atoms with Gasteiger partial charge in [-0.05, 0) is 17.7 Å². The summed E-state index contributed by atoms with van der Waals surface area (Å²) in [6, 6.07) is 8.68. The third kappa shape index (κ3) is 1.78. The summed E-state index contributed by atoms with van der Waals surface area (Å²) in [5.41, 5.74) is 1.42. The quantitative estimate of drug-likeness (QED) is 0.657. The smallest absolute Gasteiger partial charge is 0.127 e. The Balaban J connectivity index is 3.24. The predicted molar refractivity (Wildman–Crippen MR) is 50.4 cm³/mol. The monoisotopic (exact) mass is 184 g/mol. The largest absolute Gasteiger partial charge is 0.303 e. The first-order chi connectivity index (χ1) is 6.72. The van der Waals surface area contributed by atoms with Gasteiger partial charge in [0.1, 0.15) is 18.4 Å². The molecule has 1 rings (SSSR count). The van der Waals surface area contributed by atoms with Gasteiger partial charge in [0.15, 0.2) is 0 Å². The van der Waals surface area contributed by atoms with Crippen molar-refractivity contribution in [3.63, 3.8) is 0 Å². The molecular formula is C11H8N2O. The minimum atomic E-state index is -0.241. The van der Waals surface area contributed by atoms with Gasteiger partial charge in [-0.2, -0.15) is 10.5 Å². The third-order valence-electron chi connectivity index (χ3n) is 2.01. The molecule has 0 aliphatic carbocycles. The standard InChI is InChI=1S/C11H8N2O/c1-8(7-14)9-2-3-10(5-12)11(4-9)6-13/h2-4,7-8H,1H3. The van der Waals surface area contributed by atoms with Gasteiger partial charge in [0.05, 0.1) is 11.1 Å². The van der Waals surface area contributed by atoms with E-state index in [1.54, 1.807) is 25.1 Å². The van der Waals surface area contributed by atoms with Gasteiger partial charge < -0.3 is 4.79 Å². The van der Waals surface area contributed by atoms with Crippen LogP contribution in [0.15, 0.2) is 18.2 Å². The summed E-state index contributed by atoms with van der Waals surface area (Å²) in [7, 11) is 0. The molecule has 0 aromatic heterocycles. The van der Waals surface area contributed by atoms with Crippen molar-refractivity contribution < 1.29 is 4.79 Å². The molecule has 14 heavy (non-hydrogen) atoms. The molecule has 1 unspecified atom stereocenters. The average molecular weight is 184 g/mol. The van der Waals surface area contributed by atoms with Crippen molar-refractivity contribution in [1.29, 1.82) is 10.5 Å². The number of aldehydes is 1. The number of carbonyl (C=O) groups is 1. The Morgan fingerprint density at radius 3 is 2.43 bits per heavy atom. The van der Waals surface area contributed by atoms with Gasteiger partial charge in [-0.1, -0.05) is 13.0 Å². The van der Waals surface area contributed by atoms with Crippen LogP contribution in [0.4, 0.5) is 0 Å². The zero-order chi connectivity index (χ0) is 10.6. The van der Waals surface area contributed by atoms with Gasteiger partial charge in [0.25, 0.3) is 0 Å². The first-order valence-electron chi connectivity index (χ1n) is 4.12. The number of nitrogens with zero attached hydrogens (tertiary/aromatic N) is 2. The van der Waals surface area contributed by atoms with Crippen LogP contribution in [-0.2, 0) is 4.79 Å². The molecule has 0 saturated heterocycles. The molecule has 3 nitrogen and oxygen atoms in total. The van der Waals surface area contributed by atoms with E-state index in [-0.39, 0.29) is 5.92 Å². The lowest BCUT2D eigenvalue weighted by atomic mass is 9.98. The molecular weight excluding hydrogens is 176 g/mol. The highest BCUT2D eigenvalue weighted by Gasteiger charge is 2.07. The van der Waals surface area contributed by atoms with Crippen molar-refractivity contribution in [2.75, 3.05) is 0 Å². The van der Waals surface area contributed by atoms with Crippen molar-refractivity contribution in [2.24, 2.45) is 0 Å². The van der Waals surface area contributed by atoms with Crippen LogP contribution in [-0.4, -0.2) is 6.29 Å². The fraction of sp³-hybridized carbons (Fsp3) is 0.182. The lowest BCUT2D eigenvalue weighted by Crippen LogP contribution is -1.96. The van der Waals surface area contributed by atoms with E-state index in [0.29, 0.717) is 11.1 Å². The van der Waals surface area contributed by atoms with E-state index in [4.69, 9.17) is 10.5 Å². The predicted octanol–water partition coefficient (Wildman–Crippen LogP) is 1.73. The number of benzene rings is 1. The zero-order valence-electron chi connectivity index (χ0n) is 7.69. The molecule has 0 heterocycles. The first kappa shape index (κ1) is 9.95. The van der Waals surface area contributed by atoms with Gasteiger partial charge in [0, 0.05) is 5.92 Å². The van der Waals surface area contributed by atoms with Crippen LogP contribution >= 0.6 is 0 Å². The molecule has 0 radical (unpaired) electrons. The van der Waals surface area contributed by atoms with E-state index in [1.807, 2.05) is 12.1 Å². The first-order valence-corrected chi connectivity index (χ1v) is 4.12. The summed E-state index contributed by atoms with van der Waals surface area (Å²) in [6.07, 6.45) is 0.808. The Bertz CT molecular complexity index is 438. The zero-order valence-corrected chi connectivity index (χ0v) is 7.69. The molecule has 0 amide bonds. The lowest BCUT2D eigenvalue weighted by molar-refractivity contribution is -0.108. The summed E-state index contributed by atoms with van der Waals surface area (Å²) < 4.78 is 0. The molecule has 0 aliphatic heterocycles. The van der Waals surface area contributed by atoms with Crippen LogP contribution in [0.1, 0.15) is 29.5 Å². The van der Waals surface area contributed by atoms with Crippen LogP contribution in [0.2, 0.25) is 0 Å². The minimum Gasteiger partial charge on any atom is -0.303 e. The van der Waals surface area contributed by atoms with Crippen LogP contribution in [0.25, 0.3) is 0 Å². The maximum atomic E-state index is 10.5. The molecule has 0 fully saturated rings. The van der Waals surface area contributed by atoms with E-state index in [0.717, 1.165) is 11.8 Å². The average Bonchev–Trinajstić information content (AvgIpc) is 2.26. The van der Waals surface area contributed by atoms with Crippen LogP contribution in [0, 0.1) is 22.7 Å². The number of nitriles is 2. The number of hydrogen-bond acceptors (Lipinski definition) is 3. The Hall–Kier alpha value is -2.13. The number of carbonyl (C=O) groups excluding carboxylic acids is 1. The second-order valence-corrected chi connectivity index (χ2v) is 2.95. The van der Waals surface area contributed by atoms with Gasteiger partial charge in [-0.3, -0.25) is 0 Å². The maximum Gasteiger partial charge on any atom is 0.127 e. The van der Waals surface area contributed by atoms with E-state index >= 15 is 0 Å². The molecule has 0 N–H and O–H groups in total. The summed E-state index contributed by atoms with van der Waals surface area (Å²) >= 11 is 0. The molecule has 1 aromatic carbocycles. The van der Waals surface area contributed by atoms with Gasteiger partial charge in [-0.15, -0.1) is 0 Å². The second kappa shape index (κ2) is 4.20. The maximum absolute atomic E-state index is 10.5. The lowest BCUT2D eigenvalue weighted by Gasteiger charge is -2.04. The van der Waals surface area contributed by atoms with Gasteiger partial charge in [-0.25, -0.2) is 0 Å². The minimum absolute atomic E-state index is 0.241. The van der Waals surface area contributed by atoms with Crippen molar-refractivity contribution in [2.45, 2.75) is 12.8 Å². The molecule has 68 valence electrons. The van der Waals surface area contributed by atoms with E-state index in [2.05, 4.69) is 0 Å². The van der Waals surface area contributed by atoms with Crippen LogP contribution < -0.4 is 0 Å². The van der Waals surface area contributed by atoms with E-state index < -0.39 is 0 Å². The second-order valence-electron chi connectivity index (χ2n) is 2.95.